The van der Waals surface area contributed by atoms with E-state index in [0.717, 1.165) is 3.58 Å². The Morgan fingerprint density at radius 3 is 2.50 bits per heavy atom. The molecule has 0 aromatic heterocycles. The molecule has 0 amide bonds. The van der Waals surface area contributed by atoms with Crippen molar-refractivity contribution in [2.45, 2.75) is 6.42 Å². The number of hydrogen-bond donors (Lipinski definition) is 0. The van der Waals surface area contributed by atoms with Crippen LogP contribution in [0.25, 0.3) is 0 Å². The normalized spacial score (nSPS) is 8.25. The zero-order valence-electron chi connectivity index (χ0n) is 4.61. The largest absolute Gasteiger partial charge is 0.469 e. The fourth-order valence-electron chi connectivity index (χ4n) is 0.229. The number of rotatable bonds is 2. The first kappa shape index (κ1) is 7.94. The molecule has 0 aromatic carbocycles. The number of esters is 1. The minimum atomic E-state index is -0.232. The second kappa shape index (κ2) is 3.88. The van der Waals surface area contributed by atoms with E-state index in [-0.39, 0.29) is 5.97 Å². The topological polar surface area (TPSA) is 26.3 Å². The van der Waals surface area contributed by atoms with Gasteiger partial charge in [-0.1, -0.05) is 6.58 Å². The van der Waals surface area contributed by atoms with Gasteiger partial charge in [-0.25, -0.2) is 0 Å². The van der Waals surface area contributed by atoms with Crippen molar-refractivity contribution in [1.82, 2.24) is 0 Å². The fraction of sp³-hybridized carbons (Fsp3) is 0.400. The molecule has 0 unspecified atom stereocenters. The molecule has 0 N–H and O–H groups in total. The van der Waals surface area contributed by atoms with Gasteiger partial charge in [-0.2, -0.15) is 0 Å². The molecule has 2 nitrogen and oxygen atoms in total. The average Bonchev–Trinajstić information content (AvgIpc) is 1.65. The molecule has 0 fully saturated rings. The van der Waals surface area contributed by atoms with E-state index in [1.54, 1.807) is 0 Å². The Morgan fingerprint density at radius 2 is 2.38 bits per heavy atom. The molecule has 0 aromatic rings. The van der Waals surface area contributed by atoms with E-state index in [4.69, 9.17) is 0 Å². The summed E-state index contributed by atoms with van der Waals surface area (Å²) in [7, 11) is 1.36. The first-order chi connectivity index (χ1) is 3.66. The summed E-state index contributed by atoms with van der Waals surface area (Å²) in [6.07, 6.45) is 0.317. The summed E-state index contributed by atoms with van der Waals surface area (Å²) in [5, 5.41) is 0. The summed E-state index contributed by atoms with van der Waals surface area (Å²) >= 11 is 1.99. The van der Waals surface area contributed by atoms with Crippen molar-refractivity contribution in [3.05, 3.63) is 10.2 Å². The molecule has 0 radical (unpaired) electrons. The van der Waals surface area contributed by atoms with Gasteiger partial charge in [0.2, 0.25) is 0 Å². The van der Waals surface area contributed by atoms with Crippen molar-refractivity contribution < 1.29 is 9.53 Å². The smallest absolute Gasteiger partial charge is 0.310 e. The van der Waals surface area contributed by atoms with Gasteiger partial charge in [0.1, 0.15) is 0 Å². The van der Waals surface area contributed by atoms with E-state index in [0.29, 0.717) is 6.42 Å². The van der Waals surface area contributed by atoms with Crippen LogP contribution in [0.2, 0.25) is 0 Å². The summed E-state index contributed by atoms with van der Waals surface area (Å²) in [4.78, 5) is 10.3. The van der Waals surface area contributed by atoms with E-state index < -0.39 is 0 Å². The monoisotopic (exact) mass is 226 g/mol. The van der Waals surface area contributed by atoms with Gasteiger partial charge in [0, 0.05) is 0 Å². The minimum Gasteiger partial charge on any atom is -0.469 e. The lowest BCUT2D eigenvalue weighted by Crippen LogP contribution is -1.97. The van der Waals surface area contributed by atoms with Crippen LogP contribution in [0.15, 0.2) is 10.2 Å². The van der Waals surface area contributed by atoms with Crippen LogP contribution in [0, 0.1) is 0 Å². The first-order valence-electron chi connectivity index (χ1n) is 2.07. The Kier molecular flexibility index (Phi) is 3.85. The maximum atomic E-state index is 10.3. The third-order valence-corrected chi connectivity index (χ3v) is 0.945. The summed E-state index contributed by atoms with van der Waals surface area (Å²) in [6, 6.07) is 0. The van der Waals surface area contributed by atoms with E-state index in [2.05, 4.69) is 11.3 Å². The van der Waals surface area contributed by atoms with Crippen LogP contribution in [-0.4, -0.2) is 13.1 Å². The highest BCUT2D eigenvalue weighted by molar-refractivity contribution is 14.1. The summed E-state index contributed by atoms with van der Waals surface area (Å²) in [5.74, 6) is -0.232. The van der Waals surface area contributed by atoms with Crippen LogP contribution in [0.5, 0.6) is 0 Å². The Morgan fingerprint density at radius 1 is 1.88 bits per heavy atom. The zero-order chi connectivity index (χ0) is 6.57. The van der Waals surface area contributed by atoms with Crippen molar-refractivity contribution in [1.29, 1.82) is 0 Å². The second-order valence-corrected chi connectivity index (χ2v) is 2.80. The molecule has 0 spiro atoms. The highest BCUT2D eigenvalue weighted by atomic mass is 127. The lowest BCUT2D eigenvalue weighted by molar-refractivity contribution is -0.139. The lowest BCUT2D eigenvalue weighted by Gasteiger charge is -1.93. The number of hydrogen-bond acceptors (Lipinski definition) is 2. The number of halogens is 1. The van der Waals surface area contributed by atoms with Crippen molar-refractivity contribution >= 4 is 28.6 Å². The Labute approximate surface area is 62.0 Å². The van der Waals surface area contributed by atoms with Gasteiger partial charge in [-0.3, -0.25) is 4.79 Å². The number of carbonyl (C=O) groups excluding carboxylic acids is 1. The average molecular weight is 226 g/mol. The third-order valence-electron chi connectivity index (χ3n) is 0.564. The van der Waals surface area contributed by atoms with Gasteiger partial charge in [-0.15, -0.1) is 0 Å². The van der Waals surface area contributed by atoms with Crippen LogP contribution in [0.3, 0.4) is 0 Å². The second-order valence-electron chi connectivity index (χ2n) is 1.27. The standard InChI is InChI=1S/C5H7IO2/c1-4(6)3-5(7)8-2/h1,3H2,2H3. The SMILES string of the molecule is C=C(I)CC(=O)OC. The molecule has 0 aliphatic carbocycles. The van der Waals surface area contributed by atoms with Crippen molar-refractivity contribution in [3.8, 4) is 0 Å². The van der Waals surface area contributed by atoms with E-state index in [1.807, 2.05) is 22.6 Å². The van der Waals surface area contributed by atoms with Crippen LogP contribution >= 0.6 is 22.6 Å². The lowest BCUT2D eigenvalue weighted by atomic mass is 10.4. The Bertz CT molecular complexity index is 109. The number of methoxy groups -OCH3 is 1. The van der Waals surface area contributed by atoms with Crippen LogP contribution in [0.1, 0.15) is 6.42 Å². The molecule has 0 rings (SSSR count). The predicted octanol–water partition coefficient (Wildman–Crippen LogP) is 1.50. The molecule has 0 heterocycles. The van der Waals surface area contributed by atoms with Gasteiger partial charge in [0.15, 0.2) is 0 Å². The first-order valence-corrected chi connectivity index (χ1v) is 3.14. The summed E-state index contributed by atoms with van der Waals surface area (Å²) in [5.41, 5.74) is 0. The van der Waals surface area contributed by atoms with Crippen molar-refractivity contribution in [3.63, 3.8) is 0 Å². The quantitative estimate of drug-likeness (QED) is 0.526. The molecule has 46 valence electrons. The van der Waals surface area contributed by atoms with Gasteiger partial charge in [0.25, 0.3) is 0 Å². The molecule has 8 heavy (non-hydrogen) atoms. The maximum absolute atomic E-state index is 10.3. The van der Waals surface area contributed by atoms with Crippen LogP contribution < -0.4 is 0 Å². The Hall–Kier alpha value is -0.0600. The number of ether oxygens (including phenoxy) is 1. The molecule has 0 saturated heterocycles. The third kappa shape index (κ3) is 4.11. The van der Waals surface area contributed by atoms with Crippen LogP contribution in [-0.2, 0) is 9.53 Å². The van der Waals surface area contributed by atoms with Gasteiger partial charge in [-0.05, 0) is 26.2 Å². The highest BCUT2D eigenvalue weighted by Gasteiger charge is 1.98. The Balaban J connectivity index is 3.40. The molecule has 0 aliphatic heterocycles. The molecular weight excluding hydrogens is 219 g/mol. The van der Waals surface area contributed by atoms with E-state index >= 15 is 0 Å². The van der Waals surface area contributed by atoms with E-state index in [9.17, 15) is 4.79 Å². The van der Waals surface area contributed by atoms with Crippen molar-refractivity contribution in [2.24, 2.45) is 0 Å². The van der Waals surface area contributed by atoms with Gasteiger partial charge < -0.3 is 4.74 Å². The molecule has 0 aliphatic rings. The molecule has 0 bridgehead atoms. The van der Waals surface area contributed by atoms with Gasteiger partial charge >= 0.3 is 5.97 Å². The fourth-order valence-corrected chi connectivity index (χ4v) is 0.540. The zero-order valence-corrected chi connectivity index (χ0v) is 6.77. The molecule has 0 saturated carbocycles. The molecular formula is C5H7IO2. The number of carbonyl (C=O) groups is 1. The summed E-state index contributed by atoms with van der Waals surface area (Å²) < 4.78 is 5.16. The molecule has 0 atom stereocenters. The van der Waals surface area contributed by atoms with E-state index in [1.165, 1.54) is 7.11 Å². The van der Waals surface area contributed by atoms with Gasteiger partial charge in [0.05, 0.1) is 13.5 Å². The summed E-state index contributed by atoms with van der Waals surface area (Å²) in [6.45, 7) is 3.53. The minimum absolute atomic E-state index is 0.232. The van der Waals surface area contributed by atoms with Crippen LogP contribution in [0.4, 0.5) is 0 Å². The maximum Gasteiger partial charge on any atom is 0.310 e. The van der Waals surface area contributed by atoms with Crippen molar-refractivity contribution in [2.75, 3.05) is 7.11 Å². The molecule has 3 heteroatoms. The predicted molar refractivity (Wildman–Crippen MR) is 39.8 cm³/mol. The highest BCUT2D eigenvalue weighted by Crippen LogP contribution is 2.06.